The molecule has 2 aromatic rings. The molecule has 0 aliphatic heterocycles. The Morgan fingerprint density at radius 1 is 0.857 bits per heavy atom. The van der Waals surface area contributed by atoms with Crippen molar-refractivity contribution in [1.82, 2.24) is 0 Å². The summed E-state index contributed by atoms with van der Waals surface area (Å²) in [6, 6.07) is 18.0. The van der Waals surface area contributed by atoms with Crippen LogP contribution in [0.1, 0.15) is 24.0 Å². The van der Waals surface area contributed by atoms with E-state index in [0.29, 0.717) is 0 Å². The zero-order valence-corrected chi connectivity index (χ0v) is 16.6. The van der Waals surface area contributed by atoms with E-state index in [1.807, 2.05) is 12.1 Å². The zero-order chi connectivity index (χ0) is 20.5. The number of phosphoric ester groups is 1. The molecule has 0 N–H and O–H groups in total. The summed E-state index contributed by atoms with van der Waals surface area (Å²) in [5.41, 5.74) is 1.51. The Kier molecular flexibility index (Phi) is 8.79. The highest BCUT2D eigenvalue weighted by Gasteiger charge is 2.33. The third-order valence-corrected chi connectivity index (χ3v) is 5.40. The van der Waals surface area contributed by atoms with Crippen LogP contribution in [0.3, 0.4) is 0 Å². The van der Waals surface area contributed by atoms with E-state index in [0.717, 1.165) is 11.1 Å². The van der Waals surface area contributed by atoms with Gasteiger partial charge in [0.1, 0.15) is 0 Å². The Hall–Kier alpha value is -1.57. The molecule has 0 spiro atoms. The first kappa shape index (κ1) is 22.7. The normalized spacial score (nSPS) is 12.1. The van der Waals surface area contributed by atoms with Crippen molar-refractivity contribution in [1.29, 1.82) is 0 Å². The van der Waals surface area contributed by atoms with Crippen LogP contribution in [-0.2, 0) is 31.4 Å². The van der Waals surface area contributed by atoms with Gasteiger partial charge in [-0.1, -0.05) is 72.9 Å². The lowest BCUT2D eigenvalue weighted by molar-refractivity contribution is -0.0580. The fourth-order valence-corrected chi connectivity index (χ4v) is 3.45. The quantitative estimate of drug-likeness (QED) is 0.238. The number of hydrogen-bond donors (Lipinski definition) is 0. The highest BCUT2D eigenvalue weighted by Crippen LogP contribution is 2.51. The highest BCUT2D eigenvalue weighted by molar-refractivity contribution is 7.80. The lowest BCUT2D eigenvalue weighted by Gasteiger charge is -2.18. The molecule has 0 atom stereocenters. The predicted molar refractivity (Wildman–Crippen MR) is 104 cm³/mol. The molecule has 2 rings (SSSR count). The number of halogens is 3. The number of phosphoric acid groups is 1. The van der Waals surface area contributed by atoms with Crippen LogP contribution in [-0.4, -0.2) is 17.6 Å². The van der Waals surface area contributed by atoms with Crippen LogP contribution in [0.15, 0.2) is 60.7 Å². The summed E-state index contributed by atoms with van der Waals surface area (Å²) in [5, 5.41) is 0. The first-order valence-corrected chi connectivity index (χ1v) is 10.4. The number of hydrogen-bond acceptors (Lipinski definition) is 5. The van der Waals surface area contributed by atoms with Gasteiger partial charge in [-0.05, 0) is 24.0 Å². The van der Waals surface area contributed by atoms with Crippen molar-refractivity contribution in [2.75, 3.05) is 6.61 Å². The van der Waals surface area contributed by atoms with Gasteiger partial charge in [0.15, 0.2) is 0 Å². The maximum Gasteiger partial charge on any atom is 0.475 e. The van der Waals surface area contributed by atoms with Crippen molar-refractivity contribution >= 4 is 24.9 Å². The predicted octanol–water partition coefficient (Wildman–Crippen LogP) is 6.26. The molecule has 28 heavy (non-hydrogen) atoms. The summed E-state index contributed by atoms with van der Waals surface area (Å²) in [6.07, 6.45) is -4.96. The van der Waals surface area contributed by atoms with Gasteiger partial charge in [-0.15, -0.1) is 0 Å². The van der Waals surface area contributed by atoms with E-state index in [9.17, 15) is 17.7 Å². The summed E-state index contributed by atoms with van der Waals surface area (Å²) in [7, 11) is -3.98. The minimum absolute atomic E-state index is 0.0200. The fourth-order valence-electron chi connectivity index (χ4n) is 2.12. The third-order valence-electron chi connectivity index (χ3n) is 3.58. The topological polar surface area (TPSA) is 44.8 Å². The SMILES string of the molecule is O=P(OCCCC(=S)C(F)(F)F)(OCc1ccccc1)OCc1ccccc1. The van der Waals surface area contributed by atoms with Gasteiger partial charge >= 0.3 is 14.0 Å². The summed E-state index contributed by atoms with van der Waals surface area (Å²) < 4.78 is 66.2. The van der Waals surface area contributed by atoms with E-state index in [4.69, 9.17) is 13.6 Å². The Morgan fingerprint density at radius 2 is 1.32 bits per heavy atom. The molecule has 0 unspecified atom stereocenters. The smallest absolute Gasteiger partial charge is 0.287 e. The second kappa shape index (κ2) is 10.8. The van der Waals surface area contributed by atoms with Crippen molar-refractivity contribution in [2.24, 2.45) is 0 Å². The zero-order valence-electron chi connectivity index (χ0n) is 14.9. The molecule has 0 bridgehead atoms. The summed E-state index contributed by atoms with van der Waals surface area (Å²) >= 11 is 4.32. The van der Waals surface area contributed by atoms with Gasteiger partial charge in [0, 0.05) is 0 Å². The average molecular weight is 432 g/mol. The van der Waals surface area contributed by atoms with Crippen molar-refractivity contribution < 1.29 is 31.3 Å². The molecule has 0 saturated heterocycles. The molecule has 9 heteroatoms. The second-order valence-electron chi connectivity index (χ2n) is 5.82. The summed E-state index contributed by atoms with van der Waals surface area (Å²) in [5.74, 6) is 0. The maximum atomic E-state index is 12.9. The molecule has 0 fully saturated rings. The largest absolute Gasteiger partial charge is 0.475 e. The van der Waals surface area contributed by atoms with Crippen molar-refractivity contribution in [3.05, 3.63) is 71.8 Å². The van der Waals surface area contributed by atoms with Crippen LogP contribution in [0.4, 0.5) is 13.2 Å². The van der Waals surface area contributed by atoms with E-state index in [-0.39, 0.29) is 26.2 Å². The van der Waals surface area contributed by atoms with Crippen LogP contribution in [0.2, 0.25) is 0 Å². The number of rotatable bonds is 11. The Labute approximate surface area is 167 Å². The molecule has 0 amide bonds. The second-order valence-corrected chi connectivity index (χ2v) is 7.98. The van der Waals surface area contributed by atoms with Gasteiger partial charge in [-0.25, -0.2) is 4.57 Å². The third kappa shape index (κ3) is 8.20. The molecule has 4 nitrogen and oxygen atoms in total. The summed E-state index contributed by atoms with van der Waals surface area (Å²) in [4.78, 5) is -1.03. The van der Waals surface area contributed by atoms with E-state index < -0.39 is 25.3 Å². The highest BCUT2D eigenvalue weighted by atomic mass is 32.1. The molecule has 0 aliphatic rings. The van der Waals surface area contributed by atoms with Gasteiger partial charge in [-0.2, -0.15) is 13.2 Å². The maximum absolute atomic E-state index is 12.9. The van der Waals surface area contributed by atoms with Crippen molar-refractivity contribution in [3.63, 3.8) is 0 Å². The minimum Gasteiger partial charge on any atom is -0.287 e. The molecule has 0 heterocycles. The number of thiocarbonyl (C=S) groups is 1. The van der Waals surface area contributed by atoms with Crippen molar-refractivity contribution in [3.8, 4) is 0 Å². The lowest BCUT2D eigenvalue weighted by Crippen LogP contribution is -2.20. The number of benzene rings is 2. The molecule has 0 aromatic heterocycles. The molecular formula is C19H20F3O4PS. The van der Waals surface area contributed by atoms with Gasteiger partial charge in [0.25, 0.3) is 0 Å². The van der Waals surface area contributed by atoms with Crippen LogP contribution < -0.4 is 0 Å². The van der Waals surface area contributed by atoms with Gasteiger partial charge in [0.05, 0.1) is 24.7 Å². The van der Waals surface area contributed by atoms with Crippen LogP contribution in [0.25, 0.3) is 0 Å². The minimum atomic E-state index is -4.52. The van der Waals surface area contributed by atoms with Crippen LogP contribution in [0, 0.1) is 0 Å². The number of alkyl halides is 3. The lowest BCUT2D eigenvalue weighted by atomic mass is 10.2. The van der Waals surface area contributed by atoms with Gasteiger partial charge in [0.2, 0.25) is 0 Å². The first-order chi connectivity index (χ1) is 13.3. The van der Waals surface area contributed by atoms with Crippen molar-refractivity contribution in [2.45, 2.75) is 32.2 Å². The molecule has 0 aliphatic carbocycles. The molecule has 152 valence electrons. The van der Waals surface area contributed by atoms with E-state index >= 15 is 0 Å². The van der Waals surface area contributed by atoms with Gasteiger partial charge < -0.3 is 0 Å². The van der Waals surface area contributed by atoms with Crippen LogP contribution >= 0.6 is 20.0 Å². The first-order valence-electron chi connectivity index (χ1n) is 8.50. The van der Waals surface area contributed by atoms with Gasteiger partial charge in [-0.3, -0.25) is 13.6 Å². The average Bonchev–Trinajstić information content (AvgIpc) is 2.69. The Balaban J connectivity index is 1.92. The fraction of sp³-hybridized carbons (Fsp3) is 0.316. The van der Waals surface area contributed by atoms with Crippen LogP contribution in [0.5, 0.6) is 0 Å². The van der Waals surface area contributed by atoms with E-state index in [1.165, 1.54) is 0 Å². The Morgan fingerprint density at radius 3 is 1.75 bits per heavy atom. The standard InChI is InChI=1S/C19H20F3O4PS/c20-19(21,22)18(28)12-7-13-24-27(23,25-14-16-8-3-1-4-9-16)26-15-17-10-5-2-6-11-17/h1-6,8-11H,7,12-15H2. The monoisotopic (exact) mass is 432 g/mol. The molecule has 2 aromatic carbocycles. The molecular weight excluding hydrogens is 412 g/mol. The van der Waals surface area contributed by atoms with E-state index in [2.05, 4.69) is 12.2 Å². The molecule has 0 radical (unpaired) electrons. The Bertz CT molecular complexity index is 737. The molecule has 0 saturated carbocycles. The summed E-state index contributed by atoms with van der Waals surface area (Å²) in [6.45, 7) is -0.279. The van der Waals surface area contributed by atoms with E-state index in [1.54, 1.807) is 48.5 Å².